The third kappa shape index (κ3) is 3.28. The van der Waals surface area contributed by atoms with Gasteiger partial charge in [-0.2, -0.15) is 0 Å². The standard InChI is InChI=1S/C16H17ClN4O2S/c1-4-23-9(3)15-18-8(2)13(24-15)14(22)21-16-19-11-7-5-6-10(17)12(11)20-16/h5-7,9H,4H2,1-3H3,(H2,19,20,21,22). The van der Waals surface area contributed by atoms with E-state index in [1.165, 1.54) is 11.3 Å². The van der Waals surface area contributed by atoms with E-state index < -0.39 is 0 Å². The predicted octanol–water partition coefficient (Wildman–Crippen LogP) is 4.33. The topological polar surface area (TPSA) is 79.9 Å². The number of carbonyl (C=O) groups is 1. The summed E-state index contributed by atoms with van der Waals surface area (Å²) in [7, 11) is 0. The van der Waals surface area contributed by atoms with Crippen molar-refractivity contribution in [2.45, 2.75) is 26.9 Å². The molecular formula is C16H17ClN4O2S. The average molecular weight is 365 g/mol. The Hall–Kier alpha value is -1.96. The number of hydrogen-bond donors (Lipinski definition) is 2. The highest BCUT2D eigenvalue weighted by Crippen LogP contribution is 2.27. The van der Waals surface area contributed by atoms with Gasteiger partial charge in [0.1, 0.15) is 21.5 Å². The number of rotatable bonds is 5. The monoisotopic (exact) mass is 364 g/mol. The van der Waals surface area contributed by atoms with Gasteiger partial charge < -0.3 is 9.72 Å². The first-order valence-electron chi connectivity index (χ1n) is 7.54. The van der Waals surface area contributed by atoms with Crippen molar-refractivity contribution in [3.05, 3.63) is 38.8 Å². The molecule has 0 fully saturated rings. The summed E-state index contributed by atoms with van der Waals surface area (Å²) in [5, 5.41) is 4.08. The van der Waals surface area contributed by atoms with Gasteiger partial charge in [0.25, 0.3) is 5.91 Å². The molecule has 0 aliphatic carbocycles. The maximum absolute atomic E-state index is 12.5. The summed E-state index contributed by atoms with van der Waals surface area (Å²) in [6.45, 7) is 6.26. The molecule has 0 saturated heterocycles. The van der Waals surface area contributed by atoms with Crippen LogP contribution in [0.4, 0.5) is 5.95 Å². The van der Waals surface area contributed by atoms with Crippen LogP contribution in [0.15, 0.2) is 18.2 Å². The Kier molecular flexibility index (Phi) is 4.84. The van der Waals surface area contributed by atoms with Gasteiger partial charge in [-0.3, -0.25) is 10.1 Å². The molecule has 0 radical (unpaired) electrons. The average Bonchev–Trinajstić information content (AvgIpc) is 3.11. The Morgan fingerprint density at radius 1 is 1.46 bits per heavy atom. The molecule has 0 aliphatic rings. The molecule has 1 aromatic carbocycles. The zero-order chi connectivity index (χ0) is 17.3. The second-order valence-corrected chi connectivity index (χ2v) is 6.68. The van der Waals surface area contributed by atoms with Gasteiger partial charge in [0.05, 0.1) is 16.2 Å². The van der Waals surface area contributed by atoms with Crippen molar-refractivity contribution in [3.63, 3.8) is 0 Å². The molecule has 2 aromatic heterocycles. The van der Waals surface area contributed by atoms with E-state index in [9.17, 15) is 4.79 Å². The van der Waals surface area contributed by atoms with Crippen molar-refractivity contribution >= 4 is 45.8 Å². The first-order chi connectivity index (χ1) is 11.5. The number of thiazole rings is 1. The van der Waals surface area contributed by atoms with Crippen LogP contribution in [0.2, 0.25) is 5.02 Å². The number of aryl methyl sites for hydroxylation is 1. The molecule has 1 unspecified atom stereocenters. The number of benzene rings is 1. The van der Waals surface area contributed by atoms with Gasteiger partial charge in [-0.1, -0.05) is 17.7 Å². The van der Waals surface area contributed by atoms with Gasteiger partial charge >= 0.3 is 0 Å². The lowest BCUT2D eigenvalue weighted by molar-refractivity contribution is 0.0761. The van der Waals surface area contributed by atoms with Crippen molar-refractivity contribution in [2.75, 3.05) is 11.9 Å². The predicted molar refractivity (Wildman–Crippen MR) is 95.9 cm³/mol. The van der Waals surface area contributed by atoms with Crippen molar-refractivity contribution in [1.29, 1.82) is 0 Å². The molecule has 6 nitrogen and oxygen atoms in total. The Balaban J connectivity index is 1.82. The van der Waals surface area contributed by atoms with E-state index in [1.54, 1.807) is 6.07 Å². The molecule has 0 aliphatic heterocycles. The molecule has 0 saturated carbocycles. The van der Waals surface area contributed by atoms with Crippen molar-refractivity contribution in [3.8, 4) is 0 Å². The quantitative estimate of drug-likeness (QED) is 0.706. The molecule has 1 atom stereocenters. The number of aromatic amines is 1. The van der Waals surface area contributed by atoms with Gasteiger partial charge in [0, 0.05) is 6.61 Å². The lowest BCUT2D eigenvalue weighted by Crippen LogP contribution is -2.12. The summed E-state index contributed by atoms with van der Waals surface area (Å²) in [5.74, 6) is 0.102. The molecule has 2 N–H and O–H groups in total. The number of halogens is 1. The molecule has 0 spiro atoms. The lowest BCUT2D eigenvalue weighted by Gasteiger charge is -2.06. The number of imidazole rings is 1. The first-order valence-corrected chi connectivity index (χ1v) is 8.73. The van der Waals surface area contributed by atoms with E-state index in [4.69, 9.17) is 16.3 Å². The lowest BCUT2D eigenvalue weighted by atomic mass is 10.3. The second-order valence-electron chi connectivity index (χ2n) is 5.24. The Bertz CT molecular complexity index is 889. The summed E-state index contributed by atoms with van der Waals surface area (Å²) in [6.07, 6.45) is -0.134. The van der Waals surface area contributed by atoms with Crippen LogP contribution in [0.3, 0.4) is 0 Å². The molecular weight excluding hydrogens is 348 g/mol. The van der Waals surface area contributed by atoms with Crippen LogP contribution in [0.5, 0.6) is 0 Å². The smallest absolute Gasteiger partial charge is 0.269 e. The number of hydrogen-bond acceptors (Lipinski definition) is 5. The Morgan fingerprint density at radius 2 is 2.25 bits per heavy atom. The maximum Gasteiger partial charge on any atom is 0.269 e. The zero-order valence-electron chi connectivity index (χ0n) is 13.5. The number of fused-ring (bicyclic) bond motifs is 1. The van der Waals surface area contributed by atoms with E-state index in [0.29, 0.717) is 33.7 Å². The minimum Gasteiger partial charge on any atom is -0.372 e. The number of H-pyrrole nitrogens is 1. The summed E-state index contributed by atoms with van der Waals surface area (Å²) in [5.41, 5.74) is 2.07. The number of nitrogens with one attached hydrogen (secondary N) is 2. The van der Waals surface area contributed by atoms with E-state index in [2.05, 4.69) is 20.3 Å². The highest BCUT2D eigenvalue weighted by atomic mass is 35.5. The molecule has 1 amide bonds. The number of carbonyl (C=O) groups excluding carboxylic acids is 1. The summed E-state index contributed by atoms with van der Waals surface area (Å²) < 4.78 is 5.53. The maximum atomic E-state index is 12.5. The SMILES string of the molecule is CCOC(C)c1nc(C)c(C(=O)Nc2nc3c(Cl)cccc3[nH]2)s1. The van der Waals surface area contributed by atoms with Crippen LogP contribution in [0.25, 0.3) is 11.0 Å². The fraction of sp³-hybridized carbons (Fsp3) is 0.312. The number of amides is 1. The van der Waals surface area contributed by atoms with Crippen molar-refractivity contribution in [1.82, 2.24) is 15.0 Å². The van der Waals surface area contributed by atoms with E-state index >= 15 is 0 Å². The van der Waals surface area contributed by atoms with Gasteiger partial charge in [0.2, 0.25) is 5.95 Å². The number of nitrogens with zero attached hydrogens (tertiary/aromatic N) is 2. The van der Waals surface area contributed by atoms with Crippen molar-refractivity contribution in [2.24, 2.45) is 0 Å². The fourth-order valence-electron chi connectivity index (χ4n) is 2.34. The van der Waals surface area contributed by atoms with E-state index in [0.717, 1.165) is 10.5 Å². The van der Waals surface area contributed by atoms with Crippen LogP contribution < -0.4 is 5.32 Å². The van der Waals surface area contributed by atoms with Crippen LogP contribution >= 0.6 is 22.9 Å². The molecule has 2 heterocycles. The fourth-order valence-corrected chi connectivity index (χ4v) is 3.52. The van der Waals surface area contributed by atoms with Crippen LogP contribution in [-0.4, -0.2) is 27.5 Å². The van der Waals surface area contributed by atoms with Crippen LogP contribution in [-0.2, 0) is 4.74 Å². The molecule has 24 heavy (non-hydrogen) atoms. The molecule has 126 valence electrons. The van der Waals surface area contributed by atoms with Crippen LogP contribution in [0.1, 0.15) is 40.3 Å². The normalized spacial score (nSPS) is 12.5. The van der Waals surface area contributed by atoms with Gasteiger partial charge in [-0.15, -0.1) is 11.3 Å². The molecule has 0 bridgehead atoms. The third-order valence-corrected chi connectivity index (χ3v) is 5.10. The minimum absolute atomic E-state index is 0.134. The summed E-state index contributed by atoms with van der Waals surface area (Å²) >= 11 is 7.43. The first kappa shape index (κ1) is 16.9. The zero-order valence-corrected chi connectivity index (χ0v) is 15.1. The summed E-state index contributed by atoms with van der Waals surface area (Å²) in [4.78, 5) is 24.8. The van der Waals surface area contributed by atoms with Gasteiger partial charge in [-0.25, -0.2) is 9.97 Å². The minimum atomic E-state index is -0.255. The third-order valence-electron chi connectivity index (χ3n) is 3.48. The number of aromatic nitrogens is 3. The molecule has 8 heteroatoms. The summed E-state index contributed by atoms with van der Waals surface area (Å²) in [6, 6.07) is 5.43. The highest BCUT2D eigenvalue weighted by Gasteiger charge is 2.20. The Labute approximate surface area is 148 Å². The molecule has 3 aromatic rings. The largest absolute Gasteiger partial charge is 0.372 e. The van der Waals surface area contributed by atoms with Crippen LogP contribution in [0, 0.1) is 6.92 Å². The van der Waals surface area contributed by atoms with E-state index in [-0.39, 0.29) is 12.0 Å². The van der Waals surface area contributed by atoms with Gasteiger partial charge in [0.15, 0.2) is 0 Å². The van der Waals surface area contributed by atoms with Gasteiger partial charge in [-0.05, 0) is 32.9 Å². The number of para-hydroxylation sites is 1. The Morgan fingerprint density at radius 3 is 2.96 bits per heavy atom. The molecule has 3 rings (SSSR count). The highest BCUT2D eigenvalue weighted by molar-refractivity contribution is 7.14. The number of anilines is 1. The van der Waals surface area contributed by atoms with E-state index in [1.807, 2.05) is 32.9 Å². The van der Waals surface area contributed by atoms with Crippen molar-refractivity contribution < 1.29 is 9.53 Å². The second kappa shape index (κ2) is 6.88. The number of ether oxygens (including phenoxy) is 1.